The van der Waals surface area contributed by atoms with Crippen molar-refractivity contribution in [2.45, 2.75) is 32.7 Å². The molecular formula is C12H20N4O. The molecule has 2 rings (SSSR count). The zero-order valence-electron chi connectivity index (χ0n) is 10.7. The molecule has 2 heterocycles. The minimum absolute atomic E-state index is 0.00176. The number of carbonyl (C=O) groups excluding carboxylic acids is 1. The van der Waals surface area contributed by atoms with Crippen LogP contribution in [0, 0.1) is 5.92 Å². The lowest BCUT2D eigenvalue weighted by Crippen LogP contribution is -2.44. The summed E-state index contributed by atoms with van der Waals surface area (Å²) in [6, 6.07) is 0.278. The Labute approximate surface area is 102 Å². The third kappa shape index (κ3) is 2.14. The number of likely N-dealkylation sites (tertiary alicyclic amines) is 1. The van der Waals surface area contributed by atoms with E-state index in [2.05, 4.69) is 18.9 Å². The van der Waals surface area contributed by atoms with Crippen LogP contribution in [0.3, 0.4) is 0 Å². The van der Waals surface area contributed by atoms with Crippen LogP contribution in [-0.4, -0.2) is 33.2 Å². The molecule has 1 aliphatic rings. The van der Waals surface area contributed by atoms with Gasteiger partial charge in [0.15, 0.2) is 0 Å². The van der Waals surface area contributed by atoms with Gasteiger partial charge in [0.05, 0.1) is 11.9 Å². The Morgan fingerprint density at radius 2 is 2.24 bits per heavy atom. The van der Waals surface area contributed by atoms with Crippen LogP contribution >= 0.6 is 0 Å². The van der Waals surface area contributed by atoms with Crippen LogP contribution in [0.4, 0.5) is 5.69 Å². The average Bonchev–Trinajstić information content (AvgIpc) is 2.58. The number of hydrogen-bond acceptors (Lipinski definition) is 3. The molecule has 5 heteroatoms. The normalized spacial score (nSPS) is 25.0. The van der Waals surface area contributed by atoms with E-state index in [1.807, 2.05) is 4.90 Å². The molecule has 2 atom stereocenters. The fourth-order valence-corrected chi connectivity index (χ4v) is 2.56. The fraction of sp³-hybridized carbons (Fsp3) is 0.667. The molecule has 1 aromatic rings. The highest BCUT2D eigenvalue weighted by Crippen LogP contribution is 2.24. The van der Waals surface area contributed by atoms with Crippen LogP contribution in [-0.2, 0) is 7.05 Å². The van der Waals surface area contributed by atoms with Crippen LogP contribution < -0.4 is 5.73 Å². The predicted octanol–water partition coefficient (Wildman–Crippen LogP) is 1.26. The predicted molar refractivity (Wildman–Crippen MR) is 66.5 cm³/mol. The number of hydrogen-bond donors (Lipinski definition) is 1. The first-order valence-electron chi connectivity index (χ1n) is 6.09. The summed E-state index contributed by atoms with van der Waals surface area (Å²) in [6.45, 7) is 5.14. The van der Waals surface area contributed by atoms with Gasteiger partial charge in [0, 0.05) is 19.6 Å². The summed E-state index contributed by atoms with van der Waals surface area (Å²) in [5, 5.41) is 4.02. The molecule has 94 valence electrons. The summed E-state index contributed by atoms with van der Waals surface area (Å²) in [7, 11) is 1.75. The molecule has 1 fully saturated rings. The maximum absolute atomic E-state index is 12.4. The van der Waals surface area contributed by atoms with Gasteiger partial charge in [-0.25, -0.2) is 0 Å². The molecule has 0 aliphatic carbocycles. The molecule has 0 saturated carbocycles. The topological polar surface area (TPSA) is 64.2 Å². The highest BCUT2D eigenvalue weighted by molar-refractivity contribution is 5.97. The number of aryl methyl sites for hydroxylation is 1. The summed E-state index contributed by atoms with van der Waals surface area (Å²) in [5.74, 6) is 0.694. The Kier molecular flexibility index (Phi) is 3.09. The number of anilines is 1. The Morgan fingerprint density at radius 3 is 2.76 bits per heavy atom. The van der Waals surface area contributed by atoms with Crippen molar-refractivity contribution in [1.29, 1.82) is 0 Å². The van der Waals surface area contributed by atoms with Gasteiger partial charge in [-0.15, -0.1) is 0 Å². The lowest BCUT2D eigenvalue weighted by Gasteiger charge is -2.36. The first-order chi connectivity index (χ1) is 8.00. The van der Waals surface area contributed by atoms with Gasteiger partial charge in [-0.05, 0) is 25.7 Å². The number of nitrogens with zero attached hydrogens (tertiary/aromatic N) is 3. The van der Waals surface area contributed by atoms with Crippen LogP contribution in [0.25, 0.3) is 0 Å². The third-order valence-corrected chi connectivity index (χ3v) is 3.57. The van der Waals surface area contributed by atoms with Crippen molar-refractivity contribution in [2.75, 3.05) is 12.3 Å². The zero-order valence-corrected chi connectivity index (χ0v) is 10.7. The maximum Gasteiger partial charge on any atom is 0.274 e. The van der Waals surface area contributed by atoms with Crippen LogP contribution in [0.2, 0.25) is 0 Å². The molecule has 1 saturated heterocycles. The lowest BCUT2D eigenvalue weighted by molar-refractivity contribution is 0.0578. The second-order valence-electron chi connectivity index (χ2n) is 5.05. The SMILES string of the molecule is CC1CCN(C(=O)c2c(N)cnn2C)C(C)C1. The average molecular weight is 236 g/mol. The summed E-state index contributed by atoms with van der Waals surface area (Å²) in [4.78, 5) is 14.3. The number of piperidine rings is 1. The zero-order chi connectivity index (χ0) is 12.6. The van der Waals surface area contributed by atoms with E-state index in [1.165, 1.54) is 6.20 Å². The molecule has 0 spiro atoms. The highest BCUT2D eigenvalue weighted by atomic mass is 16.2. The smallest absolute Gasteiger partial charge is 0.274 e. The first kappa shape index (κ1) is 12.0. The van der Waals surface area contributed by atoms with Crippen molar-refractivity contribution in [3.8, 4) is 0 Å². The molecular weight excluding hydrogens is 216 g/mol. The van der Waals surface area contributed by atoms with Gasteiger partial charge in [0.2, 0.25) is 0 Å². The number of carbonyl (C=O) groups is 1. The summed E-state index contributed by atoms with van der Waals surface area (Å²) < 4.78 is 1.56. The van der Waals surface area contributed by atoms with Gasteiger partial charge in [-0.3, -0.25) is 9.48 Å². The maximum atomic E-state index is 12.4. The van der Waals surface area contributed by atoms with Gasteiger partial charge >= 0.3 is 0 Å². The number of rotatable bonds is 1. The Balaban J connectivity index is 2.21. The van der Waals surface area contributed by atoms with E-state index in [0.29, 0.717) is 17.3 Å². The van der Waals surface area contributed by atoms with Crippen molar-refractivity contribution < 1.29 is 4.79 Å². The monoisotopic (exact) mass is 236 g/mol. The van der Waals surface area contributed by atoms with Crippen molar-refractivity contribution in [3.63, 3.8) is 0 Å². The molecule has 0 bridgehead atoms. The molecule has 0 radical (unpaired) electrons. The van der Waals surface area contributed by atoms with E-state index in [9.17, 15) is 4.79 Å². The van der Waals surface area contributed by atoms with E-state index in [-0.39, 0.29) is 11.9 Å². The van der Waals surface area contributed by atoms with Crippen LogP contribution in [0.15, 0.2) is 6.20 Å². The van der Waals surface area contributed by atoms with E-state index < -0.39 is 0 Å². The minimum atomic E-state index is 0.00176. The molecule has 1 aromatic heterocycles. The standard InChI is InChI=1S/C12H20N4O/c1-8-4-5-16(9(2)6-8)12(17)11-10(13)7-14-15(11)3/h7-9H,4-6,13H2,1-3H3. The number of amides is 1. The quantitative estimate of drug-likeness (QED) is 0.798. The Hall–Kier alpha value is -1.52. The highest BCUT2D eigenvalue weighted by Gasteiger charge is 2.29. The van der Waals surface area contributed by atoms with Gasteiger partial charge in [-0.1, -0.05) is 6.92 Å². The van der Waals surface area contributed by atoms with Gasteiger partial charge in [-0.2, -0.15) is 5.10 Å². The summed E-state index contributed by atoms with van der Waals surface area (Å²) in [5.41, 5.74) is 6.76. The fourth-order valence-electron chi connectivity index (χ4n) is 2.56. The minimum Gasteiger partial charge on any atom is -0.396 e. The molecule has 2 unspecified atom stereocenters. The van der Waals surface area contributed by atoms with Crippen molar-refractivity contribution in [1.82, 2.24) is 14.7 Å². The van der Waals surface area contributed by atoms with E-state index in [0.717, 1.165) is 19.4 Å². The number of nitrogen functional groups attached to an aromatic ring is 1. The third-order valence-electron chi connectivity index (χ3n) is 3.57. The molecule has 1 aliphatic heterocycles. The van der Waals surface area contributed by atoms with E-state index in [4.69, 9.17) is 5.73 Å². The number of aromatic nitrogens is 2. The summed E-state index contributed by atoms with van der Waals surface area (Å²) >= 11 is 0. The van der Waals surface area contributed by atoms with Crippen molar-refractivity contribution >= 4 is 11.6 Å². The summed E-state index contributed by atoms with van der Waals surface area (Å²) in [6.07, 6.45) is 3.65. The molecule has 17 heavy (non-hydrogen) atoms. The molecule has 0 aromatic carbocycles. The van der Waals surface area contributed by atoms with E-state index in [1.54, 1.807) is 11.7 Å². The largest absolute Gasteiger partial charge is 0.396 e. The second kappa shape index (κ2) is 4.39. The van der Waals surface area contributed by atoms with Gasteiger partial charge < -0.3 is 10.6 Å². The van der Waals surface area contributed by atoms with E-state index >= 15 is 0 Å². The van der Waals surface area contributed by atoms with Gasteiger partial charge in [0.25, 0.3) is 5.91 Å². The van der Waals surface area contributed by atoms with Gasteiger partial charge in [0.1, 0.15) is 5.69 Å². The Bertz CT molecular complexity index is 407. The molecule has 2 N–H and O–H groups in total. The van der Waals surface area contributed by atoms with Crippen molar-refractivity contribution in [2.24, 2.45) is 13.0 Å². The lowest BCUT2D eigenvalue weighted by atomic mass is 9.93. The molecule has 1 amide bonds. The van der Waals surface area contributed by atoms with Crippen LogP contribution in [0.1, 0.15) is 37.2 Å². The Morgan fingerprint density at radius 1 is 1.53 bits per heavy atom. The second-order valence-corrected chi connectivity index (χ2v) is 5.05. The number of nitrogens with two attached hydrogens (primary N) is 1. The molecule has 5 nitrogen and oxygen atoms in total. The van der Waals surface area contributed by atoms with Crippen molar-refractivity contribution in [3.05, 3.63) is 11.9 Å². The first-order valence-corrected chi connectivity index (χ1v) is 6.09. The van der Waals surface area contributed by atoms with Crippen LogP contribution in [0.5, 0.6) is 0 Å².